The van der Waals surface area contributed by atoms with E-state index in [-0.39, 0.29) is 0 Å². The molecule has 1 aromatic carbocycles. The summed E-state index contributed by atoms with van der Waals surface area (Å²) in [6.07, 6.45) is 0.401. The van der Waals surface area contributed by atoms with E-state index in [4.69, 9.17) is 17.3 Å². The van der Waals surface area contributed by atoms with Crippen molar-refractivity contribution in [2.24, 2.45) is 5.73 Å². The first-order valence-electron chi connectivity index (χ1n) is 4.63. The van der Waals surface area contributed by atoms with Crippen LogP contribution in [-0.2, 0) is 16.0 Å². The number of nitrogens with two attached hydrogens (primary N) is 1. The van der Waals surface area contributed by atoms with E-state index in [9.17, 15) is 4.79 Å². The lowest BCUT2D eigenvalue weighted by molar-refractivity contribution is -0.142. The van der Waals surface area contributed by atoms with Crippen molar-refractivity contribution in [2.45, 2.75) is 19.4 Å². The average molecular weight is 228 g/mol. The topological polar surface area (TPSA) is 52.3 Å². The minimum absolute atomic E-state index is 0.401. The van der Waals surface area contributed by atoms with Crippen molar-refractivity contribution < 1.29 is 9.53 Å². The van der Waals surface area contributed by atoms with Crippen LogP contribution in [0.15, 0.2) is 18.2 Å². The number of halogens is 1. The molecular weight excluding hydrogens is 214 g/mol. The third-order valence-corrected chi connectivity index (χ3v) is 2.64. The van der Waals surface area contributed by atoms with Gasteiger partial charge in [0, 0.05) is 5.02 Å². The monoisotopic (exact) mass is 227 g/mol. The number of ether oxygens (including phenoxy) is 1. The predicted octanol–water partition coefficient (Wildman–Crippen LogP) is 1.69. The molecule has 0 aliphatic rings. The zero-order valence-corrected chi connectivity index (χ0v) is 9.54. The Bertz CT molecular complexity index is 345. The number of carbonyl (C=O) groups excluding carboxylic acids is 1. The highest BCUT2D eigenvalue weighted by molar-refractivity contribution is 6.31. The summed E-state index contributed by atoms with van der Waals surface area (Å²) in [7, 11) is 1.32. The molecule has 0 heterocycles. The SMILES string of the molecule is COC(=O)[C@@H](N)Cc1c(C)cccc1Cl. The summed E-state index contributed by atoms with van der Waals surface area (Å²) in [5.41, 5.74) is 7.59. The molecule has 0 saturated heterocycles. The first-order chi connectivity index (χ1) is 7.06. The molecule has 1 aromatic rings. The predicted molar refractivity (Wildman–Crippen MR) is 59.9 cm³/mol. The second-order valence-corrected chi connectivity index (χ2v) is 3.78. The summed E-state index contributed by atoms with van der Waals surface area (Å²) in [5, 5.41) is 0.634. The molecule has 4 heteroatoms. The van der Waals surface area contributed by atoms with Crippen LogP contribution in [0.4, 0.5) is 0 Å². The van der Waals surface area contributed by atoms with Crippen LogP contribution in [0, 0.1) is 6.92 Å². The van der Waals surface area contributed by atoms with Gasteiger partial charge in [-0.1, -0.05) is 23.7 Å². The first-order valence-corrected chi connectivity index (χ1v) is 5.01. The molecule has 2 N–H and O–H groups in total. The van der Waals surface area contributed by atoms with Gasteiger partial charge in [0.1, 0.15) is 6.04 Å². The summed E-state index contributed by atoms with van der Waals surface area (Å²) >= 11 is 6.01. The van der Waals surface area contributed by atoms with Crippen LogP contribution in [0.5, 0.6) is 0 Å². The fourth-order valence-corrected chi connectivity index (χ4v) is 1.68. The lowest BCUT2D eigenvalue weighted by atomic mass is 10.0. The van der Waals surface area contributed by atoms with Gasteiger partial charge in [-0.2, -0.15) is 0 Å². The van der Waals surface area contributed by atoms with Gasteiger partial charge in [0.05, 0.1) is 7.11 Å². The van der Waals surface area contributed by atoms with Gasteiger partial charge in [-0.15, -0.1) is 0 Å². The number of aryl methyl sites for hydroxylation is 1. The zero-order chi connectivity index (χ0) is 11.4. The molecule has 0 unspecified atom stereocenters. The quantitative estimate of drug-likeness (QED) is 0.800. The van der Waals surface area contributed by atoms with Gasteiger partial charge in [0.15, 0.2) is 0 Å². The summed E-state index contributed by atoms with van der Waals surface area (Å²) < 4.78 is 4.56. The molecule has 0 amide bonds. The van der Waals surface area contributed by atoms with Gasteiger partial charge in [-0.3, -0.25) is 4.79 Å². The van der Waals surface area contributed by atoms with E-state index in [1.165, 1.54) is 7.11 Å². The number of esters is 1. The van der Waals surface area contributed by atoms with Crippen molar-refractivity contribution in [3.63, 3.8) is 0 Å². The number of hydrogen-bond acceptors (Lipinski definition) is 3. The van der Waals surface area contributed by atoms with Crippen molar-refractivity contribution in [3.8, 4) is 0 Å². The van der Waals surface area contributed by atoms with E-state index in [0.717, 1.165) is 11.1 Å². The number of methoxy groups -OCH3 is 1. The Balaban J connectivity index is 2.85. The summed E-state index contributed by atoms with van der Waals surface area (Å²) in [6, 6.07) is 4.93. The molecule has 3 nitrogen and oxygen atoms in total. The maximum absolute atomic E-state index is 11.1. The highest BCUT2D eigenvalue weighted by Gasteiger charge is 2.16. The maximum Gasteiger partial charge on any atom is 0.322 e. The molecule has 0 aliphatic carbocycles. The minimum Gasteiger partial charge on any atom is -0.468 e. The van der Waals surface area contributed by atoms with Gasteiger partial charge in [0.2, 0.25) is 0 Å². The van der Waals surface area contributed by atoms with E-state index >= 15 is 0 Å². The van der Waals surface area contributed by atoms with Crippen LogP contribution < -0.4 is 5.73 Å². The standard InChI is InChI=1S/C11H14ClNO2/c1-7-4-3-5-9(12)8(7)6-10(13)11(14)15-2/h3-5,10H,6,13H2,1-2H3/t10-/m0/s1. The average Bonchev–Trinajstić information content (AvgIpc) is 2.22. The molecule has 0 saturated carbocycles. The van der Waals surface area contributed by atoms with E-state index in [0.29, 0.717) is 11.4 Å². The Labute approximate surface area is 94.2 Å². The molecular formula is C11H14ClNO2. The van der Waals surface area contributed by atoms with Gasteiger partial charge in [0.25, 0.3) is 0 Å². The lowest BCUT2D eigenvalue weighted by Crippen LogP contribution is -2.33. The number of benzene rings is 1. The van der Waals surface area contributed by atoms with Gasteiger partial charge in [-0.25, -0.2) is 0 Å². The Morgan fingerprint density at radius 1 is 1.60 bits per heavy atom. The fourth-order valence-electron chi connectivity index (χ4n) is 1.38. The Morgan fingerprint density at radius 2 is 2.27 bits per heavy atom. The Hall–Kier alpha value is -1.06. The molecule has 0 aliphatic heterocycles. The molecule has 0 aromatic heterocycles. The number of rotatable bonds is 3. The van der Waals surface area contributed by atoms with Crippen LogP contribution in [0.1, 0.15) is 11.1 Å². The lowest BCUT2D eigenvalue weighted by Gasteiger charge is -2.12. The van der Waals surface area contributed by atoms with Gasteiger partial charge >= 0.3 is 5.97 Å². The smallest absolute Gasteiger partial charge is 0.322 e. The molecule has 82 valence electrons. The Kier molecular flexibility index (Phi) is 4.12. The zero-order valence-electron chi connectivity index (χ0n) is 8.79. The third-order valence-electron chi connectivity index (χ3n) is 2.28. The van der Waals surface area contributed by atoms with Crippen molar-refractivity contribution in [1.82, 2.24) is 0 Å². The van der Waals surface area contributed by atoms with Crippen LogP contribution in [0.2, 0.25) is 5.02 Å². The first kappa shape index (κ1) is 12.0. The highest BCUT2D eigenvalue weighted by Crippen LogP contribution is 2.20. The summed E-state index contributed by atoms with van der Waals surface area (Å²) in [5.74, 6) is -0.422. The summed E-state index contributed by atoms with van der Waals surface area (Å²) in [4.78, 5) is 11.1. The normalized spacial score (nSPS) is 12.3. The molecule has 1 atom stereocenters. The van der Waals surface area contributed by atoms with Gasteiger partial charge < -0.3 is 10.5 Å². The molecule has 0 spiro atoms. The molecule has 0 radical (unpaired) electrons. The Morgan fingerprint density at radius 3 is 2.80 bits per heavy atom. The maximum atomic E-state index is 11.1. The van der Waals surface area contributed by atoms with Crippen molar-refractivity contribution in [2.75, 3.05) is 7.11 Å². The van der Waals surface area contributed by atoms with E-state index in [1.807, 2.05) is 19.1 Å². The number of hydrogen-bond donors (Lipinski definition) is 1. The van der Waals surface area contributed by atoms with Crippen LogP contribution in [0.3, 0.4) is 0 Å². The fraction of sp³-hybridized carbons (Fsp3) is 0.364. The minimum atomic E-state index is -0.659. The second-order valence-electron chi connectivity index (χ2n) is 3.37. The van der Waals surface area contributed by atoms with Crippen LogP contribution in [0.25, 0.3) is 0 Å². The largest absolute Gasteiger partial charge is 0.468 e. The van der Waals surface area contributed by atoms with E-state index < -0.39 is 12.0 Å². The molecule has 1 rings (SSSR count). The second kappa shape index (κ2) is 5.14. The highest BCUT2D eigenvalue weighted by atomic mass is 35.5. The molecule has 0 bridgehead atoms. The van der Waals surface area contributed by atoms with Gasteiger partial charge in [-0.05, 0) is 30.5 Å². The van der Waals surface area contributed by atoms with Crippen molar-refractivity contribution in [1.29, 1.82) is 0 Å². The molecule has 0 fully saturated rings. The summed E-state index contributed by atoms with van der Waals surface area (Å²) in [6.45, 7) is 1.94. The van der Waals surface area contributed by atoms with Crippen molar-refractivity contribution in [3.05, 3.63) is 34.3 Å². The third kappa shape index (κ3) is 2.94. The van der Waals surface area contributed by atoms with Crippen LogP contribution in [-0.4, -0.2) is 19.1 Å². The molecule has 15 heavy (non-hydrogen) atoms. The number of carbonyl (C=O) groups is 1. The van der Waals surface area contributed by atoms with Crippen molar-refractivity contribution >= 4 is 17.6 Å². The van der Waals surface area contributed by atoms with E-state index in [1.54, 1.807) is 6.07 Å². The van der Waals surface area contributed by atoms with E-state index in [2.05, 4.69) is 4.74 Å². The van der Waals surface area contributed by atoms with Crippen LogP contribution >= 0.6 is 11.6 Å².